The molecule has 160 valence electrons. The van der Waals surface area contributed by atoms with Gasteiger partial charge in [-0.05, 0) is 43.4 Å². The summed E-state index contributed by atoms with van der Waals surface area (Å²) in [5, 5.41) is 14.0. The quantitative estimate of drug-likeness (QED) is 0.635. The fourth-order valence-corrected chi connectivity index (χ4v) is 4.33. The second-order valence-electron chi connectivity index (χ2n) is 7.81. The van der Waals surface area contributed by atoms with Crippen molar-refractivity contribution in [3.63, 3.8) is 0 Å². The standard InChI is InChI=1S/C20H23Cl2N5O3/c1-25-16-17(24-19(25)23-12-4-3-5-13(28)9-12)26(2)20(30)27(18(16)29)10-11-6-7-14(21)15(22)8-11/h6-8,12-13,28H,3-5,9-10H2,1-2H3,(H,23,24)/t12?,13-/m0/s1. The van der Waals surface area contributed by atoms with Crippen LogP contribution in [0.15, 0.2) is 27.8 Å². The zero-order chi connectivity index (χ0) is 21.6. The average molecular weight is 452 g/mol. The third kappa shape index (κ3) is 3.75. The number of aryl methyl sites for hydroxylation is 2. The number of halogens is 2. The van der Waals surface area contributed by atoms with Crippen LogP contribution in [0.3, 0.4) is 0 Å². The van der Waals surface area contributed by atoms with Gasteiger partial charge in [0.25, 0.3) is 5.56 Å². The summed E-state index contributed by atoms with van der Waals surface area (Å²) in [6.07, 6.45) is 2.94. The molecule has 0 amide bonds. The lowest BCUT2D eigenvalue weighted by Crippen LogP contribution is -2.39. The van der Waals surface area contributed by atoms with Crippen LogP contribution < -0.4 is 16.6 Å². The van der Waals surface area contributed by atoms with Crippen LogP contribution in [-0.2, 0) is 20.6 Å². The molecule has 1 aliphatic carbocycles. The summed E-state index contributed by atoms with van der Waals surface area (Å²) in [5.74, 6) is 0.503. The fraction of sp³-hybridized carbons (Fsp3) is 0.450. The van der Waals surface area contributed by atoms with Crippen LogP contribution in [0.25, 0.3) is 11.2 Å². The zero-order valence-electron chi connectivity index (χ0n) is 16.7. The number of aromatic nitrogens is 4. The highest BCUT2D eigenvalue weighted by Gasteiger charge is 2.24. The number of rotatable bonds is 4. The van der Waals surface area contributed by atoms with E-state index >= 15 is 0 Å². The Kier molecular flexibility index (Phi) is 5.65. The molecular formula is C20H23Cl2N5O3. The lowest BCUT2D eigenvalue weighted by molar-refractivity contribution is 0.124. The number of aliphatic hydroxyl groups is 1. The van der Waals surface area contributed by atoms with Crippen molar-refractivity contribution in [1.29, 1.82) is 0 Å². The van der Waals surface area contributed by atoms with Gasteiger partial charge >= 0.3 is 5.69 Å². The molecule has 2 aromatic heterocycles. The normalized spacial score (nSPS) is 19.4. The summed E-state index contributed by atoms with van der Waals surface area (Å²) >= 11 is 12.0. The van der Waals surface area contributed by atoms with Crippen molar-refractivity contribution in [2.24, 2.45) is 14.1 Å². The Morgan fingerprint density at radius 2 is 1.93 bits per heavy atom. The second kappa shape index (κ2) is 8.09. The van der Waals surface area contributed by atoms with E-state index in [0.717, 1.165) is 23.8 Å². The number of imidazole rings is 1. The lowest BCUT2D eigenvalue weighted by Gasteiger charge is -2.26. The van der Waals surface area contributed by atoms with Crippen molar-refractivity contribution in [1.82, 2.24) is 18.7 Å². The number of hydrogen-bond acceptors (Lipinski definition) is 5. The van der Waals surface area contributed by atoms with Crippen molar-refractivity contribution in [2.75, 3.05) is 5.32 Å². The van der Waals surface area contributed by atoms with Gasteiger partial charge < -0.3 is 15.0 Å². The van der Waals surface area contributed by atoms with Crippen LogP contribution >= 0.6 is 23.2 Å². The molecule has 0 radical (unpaired) electrons. The van der Waals surface area contributed by atoms with Gasteiger partial charge in [-0.2, -0.15) is 4.98 Å². The van der Waals surface area contributed by atoms with Crippen molar-refractivity contribution in [3.05, 3.63) is 54.6 Å². The van der Waals surface area contributed by atoms with Crippen LogP contribution in [0.2, 0.25) is 10.0 Å². The first-order chi connectivity index (χ1) is 14.3. The number of benzene rings is 1. The van der Waals surface area contributed by atoms with Crippen molar-refractivity contribution >= 4 is 40.3 Å². The molecule has 1 fully saturated rings. The summed E-state index contributed by atoms with van der Waals surface area (Å²) in [7, 11) is 3.34. The maximum atomic E-state index is 13.2. The van der Waals surface area contributed by atoms with Gasteiger partial charge in [0.1, 0.15) is 0 Å². The molecule has 1 saturated carbocycles. The molecule has 0 bridgehead atoms. The van der Waals surface area contributed by atoms with Crippen LogP contribution in [0, 0.1) is 0 Å². The maximum Gasteiger partial charge on any atom is 0.332 e. The van der Waals surface area contributed by atoms with Gasteiger partial charge in [-0.25, -0.2) is 4.79 Å². The second-order valence-corrected chi connectivity index (χ2v) is 8.62. The highest BCUT2D eigenvalue weighted by atomic mass is 35.5. The lowest BCUT2D eigenvalue weighted by atomic mass is 9.93. The molecule has 2 N–H and O–H groups in total. The number of nitrogens with zero attached hydrogens (tertiary/aromatic N) is 4. The van der Waals surface area contributed by atoms with E-state index in [2.05, 4.69) is 10.3 Å². The van der Waals surface area contributed by atoms with E-state index in [4.69, 9.17) is 23.2 Å². The molecule has 2 atom stereocenters. The molecule has 1 unspecified atom stereocenters. The minimum Gasteiger partial charge on any atom is -0.393 e. The number of anilines is 1. The van der Waals surface area contributed by atoms with Crippen molar-refractivity contribution < 1.29 is 5.11 Å². The van der Waals surface area contributed by atoms with Crippen molar-refractivity contribution in [3.8, 4) is 0 Å². The molecule has 4 rings (SSSR count). The fourth-order valence-electron chi connectivity index (χ4n) is 4.01. The van der Waals surface area contributed by atoms with Gasteiger partial charge in [0.05, 0.1) is 22.7 Å². The number of nitrogens with one attached hydrogen (secondary N) is 1. The Labute approximate surface area is 182 Å². The largest absolute Gasteiger partial charge is 0.393 e. The first-order valence-electron chi connectivity index (χ1n) is 9.81. The van der Waals surface area contributed by atoms with Gasteiger partial charge in [0.15, 0.2) is 11.2 Å². The smallest absolute Gasteiger partial charge is 0.332 e. The minimum absolute atomic E-state index is 0.0692. The molecule has 1 aliphatic rings. The van der Waals surface area contributed by atoms with Gasteiger partial charge in [-0.1, -0.05) is 29.3 Å². The summed E-state index contributed by atoms with van der Waals surface area (Å²) < 4.78 is 4.20. The van der Waals surface area contributed by atoms with Gasteiger partial charge in [0.2, 0.25) is 5.95 Å². The third-order valence-corrected chi connectivity index (χ3v) is 6.40. The van der Waals surface area contributed by atoms with E-state index in [0.29, 0.717) is 39.1 Å². The summed E-state index contributed by atoms with van der Waals surface area (Å²) in [6.45, 7) is 0.0705. The molecule has 2 heterocycles. The monoisotopic (exact) mass is 451 g/mol. The zero-order valence-corrected chi connectivity index (χ0v) is 18.2. The van der Waals surface area contributed by atoms with E-state index in [9.17, 15) is 14.7 Å². The topological polar surface area (TPSA) is 94.1 Å². The third-order valence-electron chi connectivity index (χ3n) is 5.66. The van der Waals surface area contributed by atoms with Gasteiger partial charge in [0, 0.05) is 20.1 Å². The highest BCUT2D eigenvalue weighted by Crippen LogP contribution is 2.24. The summed E-state index contributed by atoms with van der Waals surface area (Å²) in [5.41, 5.74) is 0.453. The Morgan fingerprint density at radius 1 is 1.17 bits per heavy atom. The Hall–Kier alpha value is -2.29. The summed E-state index contributed by atoms with van der Waals surface area (Å²) in [4.78, 5) is 30.6. The van der Waals surface area contributed by atoms with Crippen LogP contribution in [-0.4, -0.2) is 35.9 Å². The van der Waals surface area contributed by atoms with Crippen LogP contribution in [0.4, 0.5) is 5.95 Å². The molecule has 3 aromatic rings. The van der Waals surface area contributed by atoms with E-state index in [-0.39, 0.29) is 18.7 Å². The Morgan fingerprint density at radius 3 is 2.63 bits per heavy atom. The summed E-state index contributed by atoms with van der Waals surface area (Å²) in [6, 6.07) is 5.08. The number of fused-ring (bicyclic) bond motifs is 1. The van der Waals surface area contributed by atoms with E-state index in [1.54, 1.807) is 36.9 Å². The SMILES string of the molecule is Cn1c(NC2CCC[C@H](O)C2)nc2c1c(=O)n(Cc1ccc(Cl)c(Cl)c1)c(=O)n2C. The van der Waals surface area contributed by atoms with Gasteiger partial charge in [-0.3, -0.25) is 13.9 Å². The van der Waals surface area contributed by atoms with E-state index < -0.39 is 11.2 Å². The molecule has 0 saturated heterocycles. The predicted octanol–water partition coefficient (Wildman–Crippen LogP) is 2.50. The average Bonchev–Trinajstić information content (AvgIpc) is 3.03. The highest BCUT2D eigenvalue weighted by molar-refractivity contribution is 6.42. The molecule has 0 spiro atoms. The minimum atomic E-state index is -0.462. The molecular weight excluding hydrogens is 429 g/mol. The van der Waals surface area contributed by atoms with E-state index in [1.807, 2.05) is 0 Å². The predicted molar refractivity (Wildman–Crippen MR) is 118 cm³/mol. The number of aliphatic hydroxyl groups excluding tert-OH is 1. The maximum absolute atomic E-state index is 13.2. The first kappa shape index (κ1) is 21.0. The molecule has 30 heavy (non-hydrogen) atoms. The Bertz CT molecular complexity index is 1230. The Balaban J connectivity index is 1.76. The molecule has 8 nitrogen and oxygen atoms in total. The van der Waals surface area contributed by atoms with Gasteiger partial charge in [-0.15, -0.1) is 0 Å². The molecule has 0 aliphatic heterocycles. The molecule has 10 heteroatoms. The van der Waals surface area contributed by atoms with E-state index in [1.165, 1.54) is 4.57 Å². The van der Waals surface area contributed by atoms with Crippen LogP contribution in [0.5, 0.6) is 0 Å². The number of hydrogen-bond donors (Lipinski definition) is 2. The van der Waals surface area contributed by atoms with Crippen molar-refractivity contribution in [2.45, 2.75) is 44.4 Å². The first-order valence-corrected chi connectivity index (χ1v) is 10.6. The molecule has 1 aromatic carbocycles. The van der Waals surface area contributed by atoms with Crippen LogP contribution in [0.1, 0.15) is 31.2 Å².